The van der Waals surface area contributed by atoms with E-state index in [9.17, 15) is 9.59 Å². The second-order valence-corrected chi connectivity index (χ2v) is 6.14. The monoisotopic (exact) mass is 434 g/mol. The normalized spacial score (nSPS) is 10.7. The molecule has 1 aromatic heterocycles. The molecule has 0 atom stereocenters. The first-order valence-electron chi connectivity index (χ1n) is 5.77. The minimum atomic E-state index is -0.270. The molecule has 0 N–H and O–H groups in total. The number of hydrogen-bond acceptors (Lipinski definition) is 2. The predicted octanol–water partition coefficient (Wildman–Crippen LogP) is 2.45. The number of benzene rings is 1. The largest absolute Gasteiger partial charge is 0.331 e. The van der Waals surface area contributed by atoms with E-state index in [1.807, 2.05) is 53.8 Å². The second-order valence-electron chi connectivity index (χ2n) is 4.07. The number of hydrogen-bond donors (Lipinski definition) is 0. The highest BCUT2D eigenvalue weighted by molar-refractivity contribution is 14.1. The number of halogens is 2. The summed E-state index contributed by atoms with van der Waals surface area (Å²) >= 11 is 5.35. The van der Waals surface area contributed by atoms with Crippen LogP contribution in [-0.4, -0.2) is 9.13 Å². The zero-order valence-electron chi connectivity index (χ0n) is 10.3. The Morgan fingerprint density at radius 3 is 2.68 bits per heavy atom. The van der Waals surface area contributed by atoms with Gasteiger partial charge in [0.05, 0.1) is 10.1 Å². The number of rotatable bonds is 3. The molecule has 6 heteroatoms. The molecular weight excluding hydrogens is 423 g/mol. The first-order valence-corrected chi connectivity index (χ1v) is 7.64. The maximum Gasteiger partial charge on any atom is 0.331 e. The predicted molar refractivity (Wildman–Crippen MR) is 86.6 cm³/mol. The zero-order valence-corrected chi connectivity index (χ0v) is 14.0. The Balaban J connectivity index is 2.54. The molecule has 0 bridgehead atoms. The third-order valence-electron chi connectivity index (χ3n) is 2.77. The highest BCUT2D eigenvalue weighted by atomic mass is 127. The van der Waals surface area contributed by atoms with E-state index < -0.39 is 0 Å². The van der Waals surface area contributed by atoms with Gasteiger partial charge in [-0.3, -0.25) is 13.9 Å². The third kappa shape index (κ3) is 3.17. The lowest BCUT2D eigenvalue weighted by atomic mass is 10.2. The molecule has 1 aromatic carbocycles. The van der Waals surface area contributed by atoms with Crippen molar-refractivity contribution in [1.29, 1.82) is 0 Å². The first-order chi connectivity index (χ1) is 9.02. The molecule has 0 aliphatic heterocycles. The molecule has 0 saturated carbocycles. The van der Waals surface area contributed by atoms with Crippen LogP contribution in [0, 0.1) is 3.57 Å². The van der Waals surface area contributed by atoms with E-state index in [-0.39, 0.29) is 17.8 Å². The number of nitrogens with zero attached hydrogens (tertiary/aromatic N) is 2. The van der Waals surface area contributed by atoms with Crippen LogP contribution in [0.4, 0.5) is 0 Å². The lowest BCUT2D eigenvalue weighted by Crippen LogP contribution is -2.40. The van der Waals surface area contributed by atoms with Gasteiger partial charge in [0.25, 0.3) is 5.56 Å². The average Bonchev–Trinajstić information content (AvgIpc) is 2.39. The van der Waals surface area contributed by atoms with E-state index in [2.05, 4.69) is 15.9 Å². The topological polar surface area (TPSA) is 44.0 Å². The van der Waals surface area contributed by atoms with Gasteiger partial charge in [0.2, 0.25) is 0 Å². The Kier molecular flexibility index (Phi) is 4.62. The van der Waals surface area contributed by atoms with Crippen molar-refractivity contribution in [2.45, 2.75) is 20.0 Å². The van der Waals surface area contributed by atoms with Crippen molar-refractivity contribution >= 4 is 38.5 Å². The van der Waals surface area contributed by atoms with Crippen molar-refractivity contribution in [2.75, 3.05) is 0 Å². The van der Waals surface area contributed by atoms with Crippen molar-refractivity contribution in [3.05, 3.63) is 64.9 Å². The molecule has 0 fully saturated rings. The molecule has 0 aliphatic rings. The smallest absolute Gasteiger partial charge is 0.300 e. The fourth-order valence-electron chi connectivity index (χ4n) is 1.80. The SMILES string of the molecule is CCn1cc(I)c(=O)n(Cc2cccc(Br)c2)c1=O. The van der Waals surface area contributed by atoms with E-state index in [0.29, 0.717) is 10.1 Å². The van der Waals surface area contributed by atoms with Crippen LogP contribution in [0.25, 0.3) is 0 Å². The van der Waals surface area contributed by atoms with Crippen LogP contribution >= 0.6 is 38.5 Å². The van der Waals surface area contributed by atoms with Crippen LogP contribution in [0.5, 0.6) is 0 Å². The van der Waals surface area contributed by atoms with Gasteiger partial charge in [0.15, 0.2) is 0 Å². The van der Waals surface area contributed by atoms with Gasteiger partial charge in [-0.15, -0.1) is 0 Å². The van der Waals surface area contributed by atoms with Crippen LogP contribution in [0.2, 0.25) is 0 Å². The fraction of sp³-hybridized carbons (Fsp3) is 0.231. The molecular formula is C13H12BrIN2O2. The van der Waals surface area contributed by atoms with Gasteiger partial charge in [-0.05, 0) is 47.2 Å². The van der Waals surface area contributed by atoms with E-state index in [0.717, 1.165) is 10.0 Å². The number of aryl methyl sites for hydroxylation is 1. The van der Waals surface area contributed by atoms with Gasteiger partial charge in [0.1, 0.15) is 0 Å². The molecule has 0 radical (unpaired) electrons. The highest BCUT2D eigenvalue weighted by Gasteiger charge is 2.09. The summed E-state index contributed by atoms with van der Waals surface area (Å²) in [5.41, 5.74) is 0.404. The van der Waals surface area contributed by atoms with E-state index in [1.54, 1.807) is 10.8 Å². The summed E-state index contributed by atoms with van der Waals surface area (Å²) in [6, 6.07) is 7.59. The summed E-state index contributed by atoms with van der Waals surface area (Å²) in [6.45, 7) is 2.72. The van der Waals surface area contributed by atoms with Crippen LogP contribution in [-0.2, 0) is 13.1 Å². The lowest BCUT2D eigenvalue weighted by molar-refractivity contribution is 0.595. The Hall–Kier alpha value is -0.890. The zero-order chi connectivity index (χ0) is 14.0. The van der Waals surface area contributed by atoms with Crippen molar-refractivity contribution in [1.82, 2.24) is 9.13 Å². The minimum absolute atomic E-state index is 0.240. The minimum Gasteiger partial charge on any atom is -0.300 e. The van der Waals surface area contributed by atoms with Gasteiger partial charge in [-0.2, -0.15) is 0 Å². The highest BCUT2D eigenvalue weighted by Crippen LogP contribution is 2.11. The Labute approximate surface area is 132 Å². The van der Waals surface area contributed by atoms with Gasteiger partial charge in [-0.1, -0.05) is 28.1 Å². The summed E-state index contributed by atoms with van der Waals surface area (Å²) in [5, 5.41) is 0. The molecule has 0 amide bonds. The summed E-state index contributed by atoms with van der Waals surface area (Å²) in [6.07, 6.45) is 1.60. The summed E-state index contributed by atoms with van der Waals surface area (Å²) in [5.74, 6) is 0. The van der Waals surface area contributed by atoms with E-state index in [1.165, 1.54) is 4.57 Å². The quantitative estimate of drug-likeness (QED) is 0.696. The molecule has 2 aromatic rings. The molecule has 100 valence electrons. The number of aromatic nitrogens is 2. The second kappa shape index (κ2) is 6.04. The fourth-order valence-corrected chi connectivity index (χ4v) is 2.88. The van der Waals surface area contributed by atoms with Crippen molar-refractivity contribution in [3.8, 4) is 0 Å². The summed E-state index contributed by atoms with van der Waals surface area (Å²) in [7, 11) is 0. The van der Waals surface area contributed by atoms with Crippen LogP contribution in [0.3, 0.4) is 0 Å². The Morgan fingerprint density at radius 2 is 2.05 bits per heavy atom. The van der Waals surface area contributed by atoms with Crippen molar-refractivity contribution in [3.63, 3.8) is 0 Å². The van der Waals surface area contributed by atoms with E-state index in [4.69, 9.17) is 0 Å². The van der Waals surface area contributed by atoms with Crippen LogP contribution in [0.15, 0.2) is 44.5 Å². The molecule has 0 saturated heterocycles. The summed E-state index contributed by atoms with van der Waals surface area (Å²) < 4.78 is 4.29. The van der Waals surface area contributed by atoms with Gasteiger partial charge in [0, 0.05) is 17.2 Å². The molecule has 1 heterocycles. The molecule has 4 nitrogen and oxygen atoms in total. The van der Waals surface area contributed by atoms with Gasteiger partial charge >= 0.3 is 5.69 Å². The standard InChI is InChI=1S/C13H12BrIN2O2/c1-2-16-8-11(15)12(18)17(13(16)19)7-9-4-3-5-10(14)6-9/h3-6,8H,2,7H2,1H3. The van der Waals surface area contributed by atoms with Gasteiger partial charge in [-0.25, -0.2) is 4.79 Å². The lowest BCUT2D eigenvalue weighted by Gasteiger charge is -2.10. The maximum absolute atomic E-state index is 12.2. The first kappa shape index (κ1) is 14.5. The molecule has 2 rings (SSSR count). The van der Waals surface area contributed by atoms with Crippen LogP contribution in [0.1, 0.15) is 12.5 Å². The Bertz CT molecular complexity index is 721. The summed E-state index contributed by atoms with van der Waals surface area (Å²) in [4.78, 5) is 24.3. The Morgan fingerprint density at radius 1 is 1.32 bits per heavy atom. The molecule has 0 aliphatic carbocycles. The third-order valence-corrected chi connectivity index (χ3v) is 4.00. The molecule has 0 spiro atoms. The molecule has 19 heavy (non-hydrogen) atoms. The van der Waals surface area contributed by atoms with Crippen molar-refractivity contribution < 1.29 is 0 Å². The molecule has 0 unspecified atom stereocenters. The average molecular weight is 435 g/mol. The van der Waals surface area contributed by atoms with Gasteiger partial charge < -0.3 is 0 Å². The van der Waals surface area contributed by atoms with E-state index >= 15 is 0 Å². The maximum atomic E-state index is 12.2. The van der Waals surface area contributed by atoms with Crippen LogP contribution < -0.4 is 11.2 Å². The van der Waals surface area contributed by atoms with Crippen molar-refractivity contribution in [2.24, 2.45) is 0 Å².